The summed E-state index contributed by atoms with van der Waals surface area (Å²) in [7, 11) is 0. The van der Waals surface area contributed by atoms with E-state index in [0.717, 1.165) is 16.8 Å². The molecule has 1 heteroatoms. The van der Waals surface area contributed by atoms with E-state index in [1.54, 1.807) is 0 Å². The third-order valence-corrected chi connectivity index (χ3v) is 3.27. The van der Waals surface area contributed by atoms with E-state index in [1.165, 1.54) is 31.2 Å². The lowest BCUT2D eigenvalue weighted by atomic mass is 10.1. The molecule has 0 atom stereocenters. The van der Waals surface area contributed by atoms with E-state index in [-0.39, 0.29) is 0 Å². The summed E-state index contributed by atoms with van der Waals surface area (Å²) >= 11 is 0. The Balaban J connectivity index is 1.98. The van der Waals surface area contributed by atoms with Gasteiger partial charge >= 0.3 is 0 Å². The van der Waals surface area contributed by atoms with Crippen molar-refractivity contribution in [3.05, 3.63) is 65.0 Å². The third-order valence-electron chi connectivity index (χ3n) is 3.27. The zero-order chi connectivity index (χ0) is 14.2. The summed E-state index contributed by atoms with van der Waals surface area (Å²) in [6.45, 7) is 4.26. The van der Waals surface area contributed by atoms with Crippen LogP contribution in [0, 0.1) is 18.8 Å². The summed E-state index contributed by atoms with van der Waals surface area (Å²) < 4.78 is 0. The molecular weight excluding hydrogens is 242 g/mol. The van der Waals surface area contributed by atoms with Crippen LogP contribution < -0.4 is 0 Å². The van der Waals surface area contributed by atoms with Crippen molar-refractivity contribution in [2.24, 2.45) is 0 Å². The number of benzene rings is 1. The molecule has 0 radical (unpaired) electrons. The highest BCUT2D eigenvalue weighted by Crippen LogP contribution is 2.08. The van der Waals surface area contributed by atoms with Crippen LogP contribution in [0.4, 0.5) is 0 Å². The molecule has 1 aromatic carbocycles. The first-order valence-corrected chi connectivity index (χ1v) is 7.31. The number of hydrogen-bond acceptors (Lipinski definition) is 1. The van der Waals surface area contributed by atoms with Crippen LogP contribution in [0.25, 0.3) is 0 Å². The van der Waals surface area contributed by atoms with E-state index in [2.05, 4.69) is 48.0 Å². The van der Waals surface area contributed by atoms with E-state index >= 15 is 0 Å². The Morgan fingerprint density at radius 3 is 2.40 bits per heavy atom. The average molecular weight is 263 g/mol. The molecule has 0 saturated heterocycles. The van der Waals surface area contributed by atoms with Crippen LogP contribution in [-0.4, -0.2) is 4.98 Å². The molecule has 0 unspecified atom stereocenters. The highest BCUT2D eigenvalue weighted by molar-refractivity contribution is 5.41. The predicted octanol–water partition coefficient (Wildman–Crippen LogP) is 4.52. The first-order chi connectivity index (χ1) is 9.78. The Morgan fingerprint density at radius 2 is 1.75 bits per heavy atom. The van der Waals surface area contributed by atoms with Crippen LogP contribution in [0.5, 0.6) is 0 Å². The van der Waals surface area contributed by atoms with E-state index in [4.69, 9.17) is 0 Å². The molecule has 102 valence electrons. The molecule has 2 aromatic rings. The van der Waals surface area contributed by atoms with Crippen LogP contribution in [0.3, 0.4) is 0 Å². The van der Waals surface area contributed by atoms with Gasteiger partial charge in [0.15, 0.2) is 0 Å². The maximum Gasteiger partial charge on any atom is 0.113 e. The molecule has 0 aliphatic heterocycles. The Labute approximate surface area is 122 Å². The summed E-state index contributed by atoms with van der Waals surface area (Å²) in [6.07, 6.45) is 6.87. The molecule has 0 aliphatic carbocycles. The molecule has 2 rings (SSSR count). The van der Waals surface area contributed by atoms with Gasteiger partial charge in [-0.05, 0) is 55.0 Å². The summed E-state index contributed by atoms with van der Waals surface area (Å²) in [5.74, 6) is 6.26. The smallest absolute Gasteiger partial charge is 0.113 e. The Kier molecular flexibility index (Phi) is 5.38. The van der Waals surface area contributed by atoms with Gasteiger partial charge in [0, 0.05) is 11.8 Å². The number of aryl methyl sites for hydroxylation is 2. The minimum atomic E-state index is 0.822. The molecule has 0 spiro atoms. The van der Waals surface area contributed by atoms with Gasteiger partial charge in [0.05, 0.1) is 0 Å². The van der Waals surface area contributed by atoms with Crippen LogP contribution in [-0.2, 0) is 6.42 Å². The van der Waals surface area contributed by atoms with E-state index in [1.807, 2.05) is 25.3 Å². The fourth-order valence-corrected chi connectivity index (χ4v) is 2.01. The third kappa shape index (κ3) is 4.55. The first kappa shape index (κ1) is 14.3. The molecule has 0 amide bonds. The summed E-state index contributed by atoms with van der Waals surface area (Å²) in [6, 6.07) is 12.6. The molecule has 0 aliphatic rings. The number of unbranched alkanes of at least 4 members (excludes halogenated alkanes) is 2. The number of pyridine rings is 1. The van der Waals surface area contributed by atoms with Gasteiger partial charge in [-0.2, -0.15) is 0 Å². The molecular formula is C19H21N. The van der Waals surface area contributed by atoms with Crippen LogP contribution in [0.15, 0.2) is 42.6 Å². The zero-order valence-corrected chi connectivity index (χ0v) is 12.3. The van der Waals surface area contributed by atoms with Gasteiger partial charge in [-0.25, -0.2) is 4.98 Å². The van der Waals surface area contributed by atoms with E-state index < -0.39 is 0 Å². The topological polar surface area (TPSA) is 12.9 Å². The number of nitrogens with zero attached hydrogens (tertiary/aromatic N) is 1. The summed E-state index contributed by atoms with van der Waals surface area (Å²) in [4.78, 5) is 4.29. The maximum absolute atomic E-state index is 4.29. The SMILES string of the molecule is CCCCCc1ccc(C#Cc2ccc(C)cn2)cc1. The lowest BCUT2D eigenvalue weighted by Gasteiger charge is -2.00. The summed E-state index contributed by atoms with van der Waals surface area (Å²) in [5.41, 5.74) is 4.43. The van der Waals surface area contributed by atoms with E-state index in [0.29, 0.717) is 0 Å². The van der Waals surface area contributed by atoms with Crippen LogP contribution in [0.1, 0.15) is 48.6 Å². The van der Waals surface area contributed by atoms with Gasteiger partial charge in [-0.1, -0.05) is 43.9 Å². The van der Waals surface area contributed by atoms with Crippen molar-refractivity contribution < 1.29 is 0 Å². The van der Waals surface area contributed by atoms with Crippen molar-refractivity contribution >= 4 is 0 Å². The minimum Gasteiger partial charge on any atom is -0.248 e. The van der Waals surface area contributed by atoms with Gasteiger partial charge in [-0.15, -0.1) is 0 Å². The quantitative estimate of drug-likeness (QED) is 0.583. The van der Waals surface area contributed by atoms with Gasteiger partial charge in [0.2, 0.25) is 0 Å². The molecule has 1 heterocycles. The highest BCUT2D eigenvalue weighted by atomic mass is 14.7. The summed E-state index contributed by atoms with van der Waals surface area (Å²) in [5, 5.41) is 0. The van der Waals surface area contributed by atoms with Gasteiger partial charge < -0.3 is 0 Å². The predicted molar refractivity (Wildman–Crippen MR) is 84.6 cm³/mol. The van der Waals surface area contributed by atoms with Crippen molar-refractivity contribution in [2.45, 2.75) is 39.5 Å². The Hall–Kier alpha value is -2.07. The van der Waals surface area contributed by atoms with E-state index in [9.17, 15) is 0 Å². The molecule has 1 aromatic heterocycles. The van der Waals surface area contributed by atoms with Crippen molar-refractivity contribution in [3.63, 3.8) is 0 Å². The second-order valence-corrected chi connectivity index (χ2v) is 5.12. The second-order valence-electron chi connectivity index (χ2n) is 5.12. The lowest BCUT2D eigenvalue weighted by Crippen LogP contribution is -1.86. The number of aromatic nitrogens is 1. The van der Waals surface area contributed by atoms with Crippen LogP contribution >= 0.6 is 0 Å². The Morgan fingerprint density at radius 1 is 0.950 bits per heavy atom. The van der Waals surface area contributed by atoms with Gasteiger partial charge in [0.1, 0.15) is 5.69 Å². The fourth-order valence-electron chi connectivity index (χ4n) is 2.01. The normalized spacial score (nSPS) is 9.90. The average Bonchev–Trinajstić information content (AvgIpc) is 2.48. The first-order valence-electron chi connectivity index (χ1n) is 7.31. The van der Waals surface area contributed by atoms with Crippen molar-refractivity contribution in [1.82, 2.24) is 4.98 Å². The molecule has 0 N–H and O–H groups in total. The number of rotatable bonds is 4. The molecule has 1 nitrogen and oxygen atoms in total. The van der Waals surface area contributed by atoms with Crippen molar-refractivity contribution in [1.29, 1.82) is 0 Å². The van der Waals surface area contributed by atoms with Crippen LogP contribution in [0.2, 0.25) is 0 Å². The minimum absolute atomic E-state index is 0.822. The van der Waals surface area contributed by atoms with Gasteiger partial charge in [0.25, 0.3) is 0 Å². The van der Waals surface area contributed by atoms with Crippen molar-refractivity contribution in [3.8, 4) is 11.8 Å². The highest BCUT2D eigenvalue weighted by Gasteiger charge is 1.93. The molecule has 0 bridgehead atoms. The maximum atomic E-state index is 4.29. The molecule has 0 saturated carbocycles. The Bertz CT molecular complexity index is 582. The number of hydrogen-bond donors (Lipinski definition) is 0. The molecule has 0 fully saturated rings. The van der Waals surface area contributed by atoms with Crippen molar-refractivity contribution in [2.75, 3.05) is 0 Å². The fraction of sp³-hybridized carbons (Fsp3) is 0.316. The van der Waals surface area contributed by atoms with Gasteiger partial charge in [-0.3, -0.25) is 0 Å². The lowest BCUT2D eigenvalue weighted by molar-refractivity contribution is 0.717. The largest absolute Gasteiger partial charge is 0.248 e. The zero-order valence-electron chi connectivity index (χ0n) is 12.3. The monoisotopic (exact) mass is 263 g/mol. The second kappa shape index (κ2) is 7.50. The standard InChI is InChI=1S/C19H21N/c1-3-4-5-6-17-8-10-18(11-9-17)12-14-19-13-7-16(2)15-20-19/h7-11,13,15H,3-6H2,1-2H3. The molecule has 20 heavy (non-hydrogen) atoms.